The second-order valence-corrected chi connectivity index (χ2v) is 4.72. The summed E-state index contributed by atoms with van der Waals surface area (Å²) in [7, 11) is 0. The van der Waals surface area contributed by atoms with Gasteiger partial charge in [0, 0.05) is 23.3 Å². The molecule has 1 amide bonds. The molecular formula is C16H11F2N3O2. The molecule has 3 aromatic rings. The van der Waals surface area contributed by atoms with Crippen molar-refractivity contribution in [2.75, 3.05) is 0 Å². The molecular weight excluding hydrogens is 304 g/mol. The summed E-state index contributed by atoms with van der Waals surface area (Å²) >= 11 is 0. The first-order valence-corrected chi connectivity index (χ1v) is 6.64. The molecule has 1 aromatic carbocycles. The molecule has 0 aliphatic carbocycles. The van der Waals surface area contributed by atoms with Crippen molar-refractivity contribution in [1.29, 1.82) is 0 Å². The van der Waals surface area contributed by atoms with Gasteiger partial charge in [-0.3, -0.25) is 9.78 Å². The van der Waals surface area contributed by atoms with E-state index in [4.69, 9.17) is 5.73 Å². The van der Waals surface area contributed by atoms with Crippen molar-refractivity contribution in [3.8, 4) is 16.9 Å². The minimum atomic E-state index is -2.88. The van der Waals surface area contributed by atoms with E-state index in [0.29, 0.717) is 16.6 Å². The monoisotopic (exact) mass is 315 g/mol. The van der Waals surface area contributed by atoms with Crippen LogP contribution < -0.4 is 10.5 Å². The highest BCUT2D eigenvalue weighted by atomic mass is 19.3. The predicted octanol–water partition coefficient (Wildman–Crippen LogP) is 3.00. The van der Waals surface area contributed by atoms with Crippen LogP contribution >= 0.6 is 0 Å². The smallest absolute Gasteiger partial charge is 0.387 e. The molecule has 7 heteroatoms. The maximum atomic E-state index is 12.2. The van der Waals surface area contributed by atoms with E-state index < -0.39 is 12.5 Å². The largest absolute Gasteiger partial charge is 0.435 e. The van der Waals surface area contributed by atoms with Gasteiger partial charge in [0.25, 0.3) is 5.91 Å². The third-order valence-corrected chi connectivity index (χ3v) is 3.24. The second-order valence-electron chi connectivity index (χ2n) is 4.72. The number of halogens is 2. The molecule has 23 heavy (non-hydrogen) atoms. The number of fused-ring (bicyclic) bond motifs is 1. The third kappa shape index (κ3) is 3.08. The Labute approximate surface area is 129 Å². The van der Waals surface area contributed by atoms with E-state index >= 15 is 0 Å². The Hall–Kier alpha value is -3.09. The number of nitrogens with two attached hydrogens (primary N) is 1. The highest BCUT2D eigenvalue weighted by Gasteiger charge is 2.10. The SMILES string of the molecule is NC(=O)c1ccc2cncc(-c3ccc(OC(F)F)cc3)c2n1. The molecule has 2 N–H and O–H groups in total. The number of amides is 1. The Morgan fingerprint density at radius 2 is 1.83 bits per heavy atom. The summed E-state index contributed by atoms with van der Waals surface area (Å²) in [4.78, 5) is 19.7. The molecule has 0 spiro atoms. The zero-order valence-electron chi connectivity index (χ0n) is 11.7. The van der Waals surface area contributed by atoms with Crippen LogP contribution in [0.5, 0.6) is 5.75 Å². The van der Waals surface area contributed by atoms with E-state index in [1.54, 1.807) is 30.6 Å². The van der Waals surface area contributed by atoms with Gasteiger partial charge in [-0.05, 0) is 29.8 Å². The molecule has 0 radical (unpaired) electrons. The van der Waals surface area contributed by atoms with Crippen molar-refractivity contribution in [3.05, 3.63) is 54.5 Å². The fourth-order valence-corrected chi connectivity index (χ4v) is 2.21. The summed E-state index contributed by atoms with van der Waals surface area (Å²) < 4.78 is 28.7. The topological polar surface area (TPSA) is 78.1 Å². The molecule has 116 valence electrons. The van der Waals surface area contributed by atoms with Gasteiger partial charge < -0.3 is 10.5 Å². The Morgan fingerprint density at radius 3 is 2.48 bits per heavy atom. The minimum Gasteiger partial charge on any atom is -0.435 e. The number of carbonyl (C=O) groups excluding carboxylic acids is 1. The Morgan fingerprint density at radius 1 is 1.09 bits per heavy atom. The van der Waals surface area contributed by atoms with Crippen LogP contribution in [0.1, 0.15) is 10.5 Å². The van der Waals surface area contributed by atoms with Crippen molar-refractivity contribution < 1.29 is 18.3 Å². The normalized spacial score (nSPS) is 10.9. The molecule has 0 fully saturated rings. The number of hydrogen-bond acceptors (Lipinski definition) is 4. The number of hydrogen-bond donors (Lipinski definition) is 1. The second kappa shape index (κ2) is 5.96. The van der Waals surface area contributed by atoms with Gasteiger partial charge in [0.05, 0.1) is 5.52 Å². The summed E-state index contributed by atoms with van der Waals surface area (Å²) in [6.45, 7) is -2.88. The first-order valence-electron chi connectivity index (χ1n) is 6.64. The zero-order chi connectivity index (χ0) is 16.4. The van der Waals surface area contributed by atoms with Crippen molar-refractivity contribution in [1.82, 2.24) is 9.97 Å². The number of benzene rings is 1. The molecule has 0 saturated heterocycles. The lowest BCUT2D eigenvalue weighted by atomic mass is 10.0. The van der Waals surface area contributed by atoms with Gasteiger partial charge in [-0.1, -0.05) is 12.1 Å². The highest BCUT2D eigenvalue weighted by molar-refractivity contribution is 5.97. The molecule has 0 bridgehead atoms. The van der Waals surface area contributed by atoms with Gasteiger partial charge in [-0.15, -0.1) is 0 Å². The van der Waals surface area contributed by atoms with Gasteiger partial charge in [-0.25, -0.2) is 4.98 Å². The Bertz CT molecular complexity index is 867. The quantitative estimate of drug-likeness (QED) is 0.803. The summed E-state index contributed by atoms with van der Waals surface area (Å²) in [6.07, 6.45) is 3.20. The minimum absolute atomic E-state index is 0.0581. The summed E-state index contributed by atoms with van der Waals surface area (Å²) in [5.41, 5.74) is 7.32. The predicted molar refractivity (Wildman–Crippen MR) is 80.1 cm³/mol. The van der Waals surface area contributed by atoms with E-state index in [2.05, 4.69) is 14.7 Å². The van der Waals surface area contributed by atoms with E-state index in [0.717, 1.165) is 5.39 Å². The number of aromatic nitrogens is 2. The fourth-order valence-electron chi connectivity index (χ4n) is 2.21. The molecule has 0 unspecified atom stereocenters. The van der Waals surface area contributed by atoms with Crippen molar-refractivity contribution >= 4 is 16.8 Å². The van der Waals surface area contributed by atoms with E-state index in [1.165, 1.54) is 18.2 Å². The molecule has 0 atom stereocenters. The van der Waals surface area contributed by atoms with Crippen LogP contribution in [0, 0.1) is 0 Å². The molecule has 3 rings (SSSR count). The average molecular weight is 315 g/mol. The molecule has 0 saturated carbocycles. The van der Waals surface area contributed by atoms with Gasteiger partial charge in [-0.2, -0.15) is 8.78 Å². The lowest BCUT2D eigenvalue weighted by Gasteiger charge is -2.08. The van der Waals surface area contributed by atoms with Crippen molar-refractivity contribution in [3.63, 3.8) is 0 Å². The summed E-state index contributed by atoms with van der Waals surface area (Å²) in [5, 5.41) is 0.736. The number of carbonyl (C=O) groups is 1. The van der Waals surface area contributed by atoms with Crippen LogP contribution in [-0.2, 0) is 0 Å². The molecule has 5 nitrogen and oxygen atoms in total. The average Bonchev–Trinajstić information content (AvgIpc) is 2.54. The maximum absolute atomic E-state index is 12.2. The Kier molecular flexibility index (Phi) is 3.84. The highest BCUT2D eigenvalue weighted by Crippen LogP contribution is 2.28. The zero-order valence-corrected chi connectivity index (χ0v) is 11.7. The summed E-state index contributed by atoms with van der Waals surface area (Å²) in [6, 6.07) is 9.32. The molecule has 0 aliphatic rings. The van der Waals surface area contributed by atoms with Gasteiger partial charge in [0.1, 0.15) is 11.4 Å². The van der Waals surface area contributed by atoms with Crippen molar-refractivity contribution in [2.24, 2.45) is 5.73 Å². The number of nitrogens with zero attached hydrogens (tertiary/aromatic N) is 2. The van der Waals surface area contributed by atoms with Crippen LogP contribution in [0.25, 0.3) is 22.0 Å². The van der Waals surface area contributed by atoms with Crippen LogP contribution in [0.4, 0.5) is 8.78 Å². The van der Waals surface area contributed by atoms with Crippen LogP contribution in [0.3, 0.4) is 0 Å². The number of primary amides is 1. The van der Waals surface area contributed by atoms with Gasteiger partial charge in [0.15, 0.2) is 0 Å². The lowest BCUT2D eigenvalue weighted by molar-refractivity contribution is -0.0498. The van der Waals surface area contributed by atoms with Crippen molar-refractivity contribution in [2.45, 2.75) is 6.61 Å². The van der Waals surface area contributed by atoms with Crippen LogP contribution in [-0.4, -0.2) is 22.5 Å². The summed E-state index contributed by atoms with van der Waals surface area (Å²) in [5.74, 6) is -0.571. The van der Waals surface area contributed by atoms with Gasteiger partial charge in [0.2, 0.25) is 0 Å². The van der Waals surface area contributed by atoms with E-state index in [-0.39, 0.29) is 11.4 Å². The lowest BCUT2D eigenvalue weighted by Crippen LogP contribution is -2.12. The molecule has 0 aliphatic heterocycles. The fraction of sp³-hybridized carbons (Fsp3) is 0.0625. The molecule has 2 aromatic heterocycles. The van der Waals surface area contributed by atoms with Crippen LogP contribution in [0.2, 0.25) is 0 Å². The van der Waals surface area contributed by atoms with E-state index in [9.17, 15) is 13.6 Å². The molecule has 2 heterocycles. The number of ether oxygens (including phenoxy) is 1. The third-order valence-electron chi connectivity index (χ3n) is 3.24. The van der Waals surface area contributed by atoms with Gasteiger partial charge >= 0.3 is 6.61 Å². The van der Waals surface area contributed by atoms with E-state index in [1.807, 2.05) is 0 Å². The Balaban J connectivity index is 2.08. The number of alkyl halides is 2. The number of pyridine rings is 2. The number of rotatable bonds is 4. The standard InChI is InChI=1S/C16H11F2N3O2/c17-16(18)23-11-4-1-9(2-5-11)12-8-20-7-10-3-6-13(15(19)22)21-14(10)12/h1-8,16H,(H2,19,22). The maximum Gasteiger partial charge on any atom is 0.387 e. The van der Waals surface area contributed by atoms with Crippen LogP contribution in [0.15, 0.2) is 48.8 Å². The first-order chi connectivity index (χ1) is 11.0. The first kappa shape index (κ1) is 14.8.